The Balaban J connectivity index is 1.54. The molecule has 0 aromatic carbocycles. The minimum atomic E-state index is -0.187. The van der Waals surface area contributed by atoms with Crippen molar-refractivity contribution < 1.29 is 9.53 Å². The molecule has 1 saturated heterocycles. The van der Waals surface area contributed by atoms with E-state index in [0.717, 1.165) is 30.7 Å². The highest BCUT2D eigenvalue weighted by Crippen LogP contribution is 2.26. The van der Waals surface area contributed by atoms with Crippen LogP contribution in [0.15, 0.2) is 49.2 Å². The maximum absolute atomic E-state index is 12.4. The van der Waals surface area contributed by atoms with E-state index in [1.807, 2.05) is 22.6 Å². The number of aromatic nitrogens is 3. The number of anilines is 1. The van der Waals surface area contributed by atoms with Gasteiger partial charge in [-0.2, -0.15) is 0 Å². The third kappa shape index (κ3) is 2.80. The molecule has 1 N–H and O–H groups in total. The molecule has 1 atom stereocenters. The topological polar surface area (TPSA) is 68.5 Å². The third-order valence-corrected chi connectivity index (χ3v) is 4.10. The van der Waals surface area contributed by atoms with Crippen molar-refractivity contribution in [3.8, 4) is 0 Å². The molecule has 6 heteroatoms. The van der Waals surface area contributed by atoms with Gasteiger partial charge in [0.25, 0.3) is 5.91 Å². The molecule has 0 spiro atoms. The van der Waals surface area contributed by atoms with E-state index < -0.39 is 0 Å². The minimum Gasteiger partial charge on any atom is -0.381 e. The third-order valence-electron chi connectivity index (χ3n) is 4.10. The van der Waals surface area contributed by atoms with E-state index in [4.69, 9.17) is 4.74 Å². The molecule has 3 aromatic rings. The zero-order valence-corrected chi connectivity index (χ0v) is 12.5. The van der Waals surface area contributed by atoms with Crippen molar-refractivity contribution in [3.63, 3.8) is 0 Å². The molecular weight excluding hydrogens is 292 g/mol. The van der Waals surface area contributed by atoms with Crippen molar-refractivity contribution in [1.29, 1.82) is 0 Å². The Morgan fingerprint density at radius 2 is 2.30 bits per heavy atom. The molecule has 1 amide bonds. The van der Waals surface area contributed by atoms with Crippen LogP contribution in [0.1, 0.15) is 28.3 Å². The molecular formula is C17H16N4O2. The monoisotopic (exact) mass is 308 g/mol. The van der Waals surface area contributed by atoms with Crippen molar-refractivity contribution in [1.82, 2.24) is 14.4 Å². The highest BCUT2D eigenvalue weighted by Gasteiger charge is 2.18. The lowest BCUT2D eigenvalue weighted by atomic mass is 10.00. The van der Waals surface area contributed by atoms with Crippen molar-refractivity contribution in [3.05, 3.63) is 60.3 Å². The van der Waals surface area contributed by atoms with E-state index in [1.54, 1.807) is 31.0 Å². The van der Waals surface area contributed by atoms with Crippen LogP contribution in [0.2, 0.25) is 0 Å². The number of hydrogen-bond acceptors (Lipinski definition) is 4. The van der Waals surface area contributed by atoms with Crippen molar-refractivity contribution >= 4 is 17.2 Å². The average molecular weight is 308 g/mol. The second-order valence-electron chi connectivity index (χ2n) is 5.63. The van der Waals surface area contributed by atoms with Gasteiger partial charge in [-0.15, -0.1) is 0 Å². The van der Waals surface area contributed by atoms with Gasteiger partial charge < -0.3 is 14.5 Å². The number of pyridine rings is 2. The summed E-state index contributed by atoms with van der Waals surface area (Å²) in [5.74, 6) is 0.758. The van der Waals surface area contributed by atoms with Gasteiger partial charge in [0.2, 0.25) is 0 Å². The van der Waals surface area contributed by atoms with Crippen LogP contribution in [0.4, 0.5) is 5.82 Å². The molecule has 0 bridgehead atoms. The number of nitrogens with zero attached hydrogens (tertiary/aromatic N) is 3. The fraction of sp³-hybridized carbons (Fsp3) is 0.235. The zero-order valence-electron chi connectivity index (χ0n) is 12.5. The molecule has 0 aliphatic carbocycles. The fourth-order valence-corrected chi connectivity index (χ4v) is 2.81. The van der Waals surface area contributed by atoms with Crippen LogP contribution in [-0.4, -0.2) is 33.5 Å². The maximum Gasteiger partial charge on any atom is 0.258 e. The van der Waals surface area contributed by atoms with Gasteiger partial charge in [-0.3, -0.25) is 4.79 Å². The molecule has 23 heavy (non-hydrogen) atoms. The second kappa shape index (κ2) is 5.81. The van der Waals surface area contributed by atoms with Gasteiger partial charge in [-0.05, 0) is 36.2 Å². The molecule has 4 heterocycles. The number of imidazole rings is 1. The van der Waals surface area contributed by atoms with Crippen LogP contribution in [0.25, 0.3) is 5.52 Å². The van der Waals surface area contributed by atoms with Gasteiger partial charge >= 0.3 is 0 Å². The minimum absolute atomic E-state index is 0.187. The van der Waals surface area contributed by atoms with Crippen LogP contribution in [0.5, 0.6) is 0 Å². The molecule has 0 radical (unpaired) electrons. The van der Waals surface area contributed by atoms with Crippen LogP contribution in [0, 0.1) is 0 Å². The van der Waals surface area contributed by atoms with Crippen LogP contribution in [-0.2, 0) is 4.74 Å². The first-order chi connectivity index (χ1) is 11.3. The summed E-state index contributed by atoms with van der Waals surface area (Å²) >= 11 is 0. The number of rotatable bonds is 3. The summed E-state index contributed by atoms with van der Waals surface area (Å²) in [5, 5.41) is 2.85. The Hall–Kier alpha value is -2.73. The van der Waals surface area contributed by atoms with Crippen LogP contribution < -0.4 is 5.32 Å². The van der Waals surface area contributed by atoms with Gasteiger partial charge in [0.15, 0.2) is 0 Å². The quantitative estimate of drug-likeness (QED) is 0.807. The largest absolute Gasteiger partial charge is 0.381 e. The molecule has 0 saturated carbocycles. The standard InChI is InChI=1S/C17H16N4O2/c22-17(13-1-2-15-8-18-11-21(15)9-13)20-16-7-12(3-5-19-16)14-4-6-23-10-14/h1-3,5,7-9,11,14H,4,6,10H2,(H,19,20,22). The van der Waals surface area contributed by atoms with Gasteiger partial charge in [0, 0.05) is 24.9 Å². The van der Waals surface area contributed by atoms with Gasteiger partial charge in [0.1, 0.15) is 5.82 Å². The first-order valence-corrected chi connectivity index (χ1v) is 7.56. The van der Waals surface area contributed by atoms with Crippen LogP contribution in [0.3, 0.4) is 0 Å². The van der Waals surface area contributed by atoms with Crippen molar-refractivity contribution in [2.45, 2.75) is 12.3 Å². The van der Waals surface area contributed by atoms with E-state index in [9.17, 15) is 4.79 Å². The average Bonchev–Trinajstić information content (AvgIpc) is 3.26. The lowest BCUT2D eigenvalue weighted by Crippen LogP contribution is -2.14. The Kier molecular flexibility index (Phi) is 3.51. The number of hydrogen-bond donors (Lipinski definition) is 1. The predicted molar refractivity (Wildman–Crippen MR) is 85.6 cm³/mol. The number of carbonyl (C=O) groups is 1. The Morgan fingerprint density at radius 3 is 3.17 bits per heavy atom. The van der Waals surface area contributed by atoms with Crippen molar-refractivity contribution in [2.24, 2.45) is 0 Å². The summed E-state index contributed by atoms with van der Waals surface area (Å²) < 4.78 is 7.23. The predicted octanol–water partition coefficient (Wildman–Crippen LogP) is 2.49. The SMILES string of the molecule is O=C(Nc1cc(C2CCOC2)ccn1)c1ccc2cncn2c1. The molecule has 6 nitrogen and oxygen atoms in total. The van der Waals surface area contributed by atoms with E-state index >= 15 is 0 Å². The summed E-state index contributed by atoms with van der Waals surface area (Å²) in [5.41, 5.74) is 2.66. The molecule has 1 aliphatic heterocycles. The lowest BCUT2D eigenvalue weighted by molar-refractivity contribution is 0.102. The summed E-state index contributed by atoms with van der Waals surface area (Å²) in [6.45, 7) is 1.52. The molecule has 4 rings (SSSR count). The summed E-state index contributed by atoms with van der Waals surface area (Å²) in [4.78, 5) is 20.7. The van der Waals surface area contributed by atoms with E-state index in [-0.39, 0.29) is 5.91 Å². The second-order valence-corrected chi connectivity index (χ2v) is 5.63. The molecule has 1 aliphatic rings. The summed E-state index contributed by atoms with van der Waals surface area (Å²) in [7, 11) is 0. The van der Waals surface area contributed by atoms with E-state index in [1.165, 1.54) is 0 Å². The number of fused-ring (bicyclic) bond motifs is 1. The van der Waals surface area contributed by atoms with Gasteiger partial charge in [0.05, 0.1) is 30.2 Å². The van der Waals surface area contributed by atoms with E-state index in [0.29, 0.717) is 17.3 Å². The lowest BCUT2D eigenvalue weighted by Gasteiger charge is -2.10. The van der Waals surface area contributed by atoms with Gasteiger partial charge in [-0.25, -0.2) is 9.97 Å². The highest BCUT2D eigenvalue weighted by atomic mass is 16.5. The zero-order chi connectivity index (χ0) is 15.6. The van der Waals surface area contributed by atoms with Crippen LogP contribution >= 0.6 is 0 Å². The number of nitrogens with one attached hydrogen (secondary N) is 1. The Bertz CT molecular complexity index is 852. The Morgan fingerprint density at radius 1 is 1.35 bits per heavy atom. The highest BCUT2D eigenvalue weighted by molar-refractivity contribution is 6.03. The first kappa shape index (κ1) is 13.9. The maximum atomic E-state index is 12.4. The summed E-state index contributed by atoms with van der Waals surface area (Å²) in [6, 6.07) is 7.54. The summed E-state index contributed by atoms with van der Waals surface area (Å²) in [6.07, 6.45) is 7.91. The molecule has 1 unspecified atom stereocenters. The number of amides is 1. The van der Waals surface area contributed by atoms with Crippen molar-refractivity contribution in [2.75, 3.05) is 18.5 Å². The first-order valence-electron chi connectivity index (χ1n) is 7.56. The number of carbonyl (C=O) groups excluding carboxylic acids is 1. The molecule has 116 valence electrons. The van der Waals surface area contributed by atoms with E-state index in [2.05, 4.69) is 15.3 Å². The number of ether oxygens (including phenoxy) is 1. The molecule has 3 aromatic heterocycles. The van der Waals surface area contributed by atoms with Gasteiger partial charge in [-0.1, -0.05) is 0 Å². The normalized spacial score (nSPS) is 17.5. The smallest absolute Gasteiger partial charge is 0.258 e. The Labute approximate surface area is 133 Å². The fourth-order valence-electron chi connectivity index (χ4n) is 2.81. The molecule has 1 fully saturated rings.